The van der Waals surface area contributed by atoms with Gasteiger partial charge in [0.2, 0.25) is 5.82 Å². The van der Waals surface area contributed by atoms with Gasteiger partial charge in [0, 0.05) is 18.0 Å². The summed E-state index contributed by atoms with van der Waals surface area (Å²) >= 11 is 0. The van der Waals surface area contributed by atoms with E-state index in [0.717, 1.165) is 11.1 Å². The van der Waals surface area contributed by atoms with Crippen molar-refractivity contribution in [3.63, 3.8) is 0 Å². The first kappa shape index (κ1) is 12.2. The summed E-state index contributed by atoms with van der Waals surface area (Å²) in [6.45, 7) is 1.94. The first-order chi connectivity index (χ1) is 9.66. The van der Waals surface area contributed by atoms with Crippen LogP contribution in [0.5, 0.6) is 5.75 Å². The summed E-state index contributed by atoms with van der Waals surface area (Å²) in [4.78, 5) is 8.32. The third kappa shape index (κ3) is 1.97. The molecule has 0 aliphatic heterocycles. The van der Waals surface area contributed by atoms with Gasteiger partial charge in [-0.1, -0.05) is 11.2 Å². The van der Waals surface area contributed by atoms with Crippen LogP contribution in [0, 0.1) is 6.92 Å². The molecule has 0 unspecified atom stereocenters. The maximum Gasteiger partial charge on any atom is 0.262 e. The number of hydrogen-bond donors (Lipinski definition) is 2. The largest absolute Gasteiger partial charge is 0.505 e. The van der Waals surface area contributed by atoms with Crippen molar-refractivity contribution in [1.29, 1.82) is 0 Å². The summed E-state index contributed by atoms with van der Waals surface area (Å²) in [6, 6.07) is 6.84. The molecule has 100 valence electrons. The number of rotatable bonds is 2. The number of anilines is 1. The molecule has 0 aliphatic rings. The van der Waals surface area contributed by atoms with E-state index in [9.17, 15) is 5.11 Å². The average molecular weight is 268 g/mol. The molecule has 3 aromatic rings. The van der Waals surface area contributed by atoms with Gasteiger partial charge < -0.3 is 15.4 Å². The van der Waals surface area contributed by atoms with Gasteiger partial charge in [-0.3, -0.25) is 4.98 Å². The average Bonchev–Trinajstić information content (AvgIpc) is 2.92. The van der Waals surface area contributed by atoms with Crippen LogP contribution in [0.3, 0.4) is 0 Å². The summed E-state index contributed by atoms with van der Waals surface area (Å²) in [5.41, 5.74) is 8.09. The Balaban J connectivity index is 2.07. The molecule has 0 atom stereocenters. The molecule has 0 amide bonds. The topological polar surface area (TPSA) is 98.1 Å². The lowest BCUT2D eigenvalue weighted by Crippen LogP contribution is -1.89. The molecule has 0 saturated heterocycles. The van der Waals surface area contributed by atoms with Crippen molar-refractivity contribution in [2.75, 3.05) is 5.73 Å². The molecular formula is C14H12N4O2. The number of nitrogens with two attached hydrogens (primary N) is 1. The molecule has 0 bridgehead atoms. The number of pyridine rings is 1. The molecule has 2 heterocycles. The summed E-state index contributed by atoms with van der Waals surface area (Å²) in [7, 11) is 0. The Kier molecular flexibility index (Phi) is 2.83. The molecular weight excluding hydrogens is 256 g/mol. The summed E-state index contributed by atoms with van der Waals surface area (Å²) < 4.78 is 5.19. The molecule has 0 radical (unpaired) electrons. The van der Waals surface area contributed by atoms with Crippen molar-refractivity contribution < 1.29 is 9.63 Å². The van der Waals surface area contributed by atoms with Crippen LogP contribution in [0.1, 0.15) is 5.56 Å². The number of para-hydroxylation sites is 1. The Morgan fingerprint density at radius 3 is 2.85 bits per heavy atom. The molecule has 3 N–H and O–H groups in total. The Bertz CT molecular complexity index is 767. The van der Waals surface area contributed by atoms with Gasteiger partial charge >= 0.3 is 0 Å². The Hall–Kier alpha value is -2.89. The van der Waals surface area contributed by atoms with Crippen molar-refractivity contribution in [2.45, 2.75) is 6.92 Å². The van der Waals surface area contributed by atoms with Crippen LogP contribution in [-0.4, -0.2) is 20.2 Å². The number of aryl methyl sites for hydroxylation is 1. The smallest absolute Gasteiger partial charge is 0.262 e. The van der Waals surface area contributed by atoms with Crippen LogP contribution in [0.15, 0.2) is 41.2 Å². The second-order valence-electron chi connectivity index (χ2n) is 4.36. The van der Waals surface area contributed by atoms with Crippen molar-refractivity contribution in [3.05, 3.63) is 42.2 Å². The Morgan fingerprint density at radius 2 is 2.05 bits per heavy atom. The fourth-order valence-corrected chi connectivity index (χ4v) is 1.87. The standard InChI is InChI=1S/C14H12N4O2/c1-8-5-6-16-7-10(8)13-17-14(20-18-13)9-3-2-4-11(15)12(9)19/h2-7,19H,15H2,1H3. The van der Waals surface area contributed by atoms with E-state index in [0.29, 0.717) is 11.4 Å². The van der Waals surface area contributed by atoms with Crippen LogP contribution in [0.4, 0.5) is 5.69 Å². The lowest BCUT2D eigenvalue weighted by molar-refractivity contribution is 0.426. The minimum absolute atomic E-state index is 0.0643. The SMILES string of the molecule is Cc1ccncc1-c1noc(-c2cccc(N)c2O)n1. The molecule has 20 heavy (non-hydrogen) atoms. The molecule has 0 spiro atoms. The van der Waals surface area contributed by atoms with Crippen LogP contribution < -0.4 is 5.73 Å². The third-order valence-corrected chi connectivity index (χ3v) is 3.00. The monoisotopic (exact) mass is 268 g/mol. The molecule has 0 saturated carbocycles. The zero-order valence-electron chi connectivity index (χ0n) is 10.7. The van der Waals surface area contributed by atoms with Gasteiger partial charge in [0.15, 0.2) is 5.75 Å². The van der Waals surface area contributed by atoms with E-state index in [-0.39, 0.29) is 17.3 Å². The van der Waals surface area contributed by atoms with Gasteiger partial charge in [-0.05, 0) is 30.7 Å². The molecule has 6 nitrogen and oxygen atoms in total. The van der Waals surface area contributed by atoms with Gasteiger partial charge in [0.05, 0.1) is 11.3 Å². The van der Waals surface area contributed by atoms with E-state index in [1.54, 1.807) is 30.6 Å². The molecule has 1 aromatic carbocycles. The summed E-state index contributed by atoms with van der Waals surface area (Å²) in [6.07, 6.45) is 3.37. The van der Waals surface area contributed by atoms with E-state index < -0.39 is 0 Å². The van der Waals surface area contributed by atoms with Crippen LogP contribution in [0.25, 0.3) is 22.8 Å². The second kappa shape index (κ2) is 4.65. The number of phenolic OH excluding ortho intramolecular Hbond substituents is 1. The van der Waals surface area contributed by atoms with Gasteiger partial charge in [0.1, 0.15) is 0 Å². The highest BCUT2D eigenvalue weighted by Crippen LogP contribution is 2.33. The Labute approximate surface area is 114 Å². The highest BCUT2D eigenvalue weighted by molar-refractivity contribution is 5.72. The van der Waals surface area contributed by atoms with Crippen LogP contribution >= 0.6 is 0 Å². The van der Waals surface area contributed by atoms with E-state index in [2.05, 4.69) is 15.1 Å². The molecule has 0 aliphatic carbocycles. The van der Waals surface area contributed by atoms with Crippen LogP contribution in [-0.2, 0) is 0 Å². The van der Waals surface area contributed by atoms with E-state index in [1.807, 2.05) is 13.0 Å². The first-order valence-electron chi connectivity index (χ1n) is 5.99. The van der Waals surface area contributed by atoms with E-state index in [1.165, 1.54) is 0 Å². The van der Waals surface area contributed by atoms with Crippen molar-refractivity contribution in [1.82, 2.24) is 15.1 Å². The predicted octanol–water partition coefficient (Wildman–Crippen LogP) is 2.39. The first-order valence-corrected chi connectivity index (χ1v) is 5.99. The van der Waals surface area contributed by atoms with Crippen molar-refractivity contribution in [3.8, 4) is 28.6 Å². The second-order valence-corrected chi connectivity index (χ2v) is 4.36. The number of benzene rings is 1. The van der Waals surface area contributed by atoms with Crippen molar-refractivity contribution >= 4 is 5.69 Å². The zero-order chi connectivity index (χ0) is 14.1. The van der Waals surface area contributed by atoms with E-state index >= 15 is 0 Å². The van der Waals surface area contributed by atoms with Gasteiger partial charge in [0.25, 0.3) is 5.89 Å². The fraction of sp³-hybridized carbons (Fsp3) is 0.0714. The molecule has 0 fully saturated rings. The summed E-state index contributed by atoms with van der Waals surface area (Å²) in [5.74, 6) is 0.575. The van der Waals surface area contributed by atoms with Gasteiger partial charge in [-0.25, -0.2) is 0 Å². The van der Waals surface area contributed by atoms with Gasteiger partial charge in [-0.2, -0.15) is 4.98 Å². The predicted molar refractivity (Wildman–Crippen MR) is 73.8 cm³/mol. The van der Waals surface area contributed by atoms with Crippen molar-refractivity contribution in [2.24, 2.45) is 0 Å². The number of aromatic nitrogens is 3. The zero-order valence-corrected chi connectivity index (χ0v) is 10.7. The quantitative estimate of drug-likeness (QED) is 0.547. The van der Waals surface area contributed by atoms with Gasteiger partial charge in [-0.15, -0.1) is 0 Å². The number of hydrogen-bond acceptors (Lipinski definition) is 6. The highest BCUT2D eigenvalue weighted by Gasteiger charge is 2.16. The lowest BCUT2D eigenvalue weighted by atomic mass is 10.1. The number of nitrogen functional groups attached to an aromatic ring is 1. The lowest BCUT2D eigenvalue weighted by Gasteiger charge is -2.01. The molecule has 3 rings (SSSR count). The number of aromatic hydroxyl groups is 1. The summed E-state index contributed by atoms with van der Waals surface area (Å²) in [5, 5.41) is 13.8. The Morgan fingerprint density at radius 1 is 1.20 bits per heavy atom. The fourth-order valence-electron chi connectivity index (χ4n) is 1.87. The minimum atomic E-state index is -0.0643. The van der Waals surface area contributed by atoms with Crippen LogP contribution in [0.2, 0.25) is 0 Å². The normalized spacial score (nSPS) is 10.7. The minimum Gasteiger partial charge on any atom is -0.505 e. The molecule has 2 aromatic heterocycles. The number of phenols is 1. The number of nitrogens with zero attached hydrogens (tertiary/aromatic N) is 3. The third-order valence-electron chi connectivity index (χ3n) is 3.00. The molecule has 6 heteroatoms. The maximum absolute atomic E-state index is 9.92. The van der Waals surface area contributed by atoms with E-state index in [4.69, 9.17) is 10.3 Å². The highest BCUT2D eigenvalue weighted by atomic mass is 16.5. The maximum atomic E-state index is 9.92.